The van der Waals surface area contributed by atoms with E-state index in [4.69, 9.17) is 4.74 Å². The third-order valence-corrected chi connectivity index (χ3v) is 25.4. The zero-order valence-electron chi connectivity index (χ0n) is 64.1. The molecule has 7 aliphatic rings. The van der Waals surface area contributed by atoms with E-state index in [1.807, 2.05) is 6.92 Å². The van der Waals surface area contributed by atoms with Crippen LogP contribution in [0.4, 0.5) is 35.1 Å². The molecule has 1 unspecified atom stereocenters. The van der Waals surface area contributed by atoms with Gasteiger partial charge in [-0.15, -0.1) is 0 Å². The number of likely N-dealkylation sites (N-methyl/N-ethyl adjacent to an activating group) is 6. The number of amides is 1. The van der Waals surface area contributed by atoms with Gasteiger partial charge in [-0.3, -0.25) is 29.3 Å². The van der Waals surface area contributed by atoms with Crippen LogP contribution >= 0.6 is 0 Å². The molecule has 2 aliphatic carbocycles. The number of likely N-dealkylation sites (tertiary alicyclic amines) is 1. The van der Waals surface area contributed by atoms with Crippen molar-refractivity contribution < 1.29 is 44.7 Å². The standard InChI is InChI=1S/C80H132F8N12O2/c1-11-24-65-49-90-73(59(4)12-2)56-99-42-22-28-67(99)52-93(7)66-27-16-14-19-41-98(54-66)68(45-60-29-32-63(33-30-60)79(83,84)85)51-91(5)44-38-89-64(34-31-61-46-71(81)76(72(82)47-61)80(86,87)88)50-100-55-70(102-13-3)48-69(100)53-96(10)78(36-23-37-78)58-95(9)75(62-25-17-18-26-62)57-94(8)74(35-43-92(65)6)77(101)97-39-20-15-21-40-97/h14,16,29-30,32-33,46-47,59,62,64-70,73-75,89-90H,11-13,15,17-28,31,34-45,48-58H2,1-10H3/b16-14-/t59-,64-,65-,66-,67-,68-,69-,70+,73+,74-,75+/m0/s1. The van der Waals surface area contributed by atoms with Crippen molar-refractivity contribution in [2.24, 2.45) is 11.8 Å². The molecule has 0 radical (unpaired) electrons. The van der Waals surface area contributed by atoms with Crippen molar-refractivity contribution in [2.75, 3.05) is 160 Å². The number of fused-ring (bicyclic) bond motifs is 4. The maximum atomic E-state index is 15.3. The molecule has 580 valence electrons. The van der Waals surface area contributed by atoms with E-state index >= 15 is 13.6 Å². The zero-order chi connectivity index (χ0) is 73.3. The Bertz CT molecular complexity index is 2820. The van der Waals surface area contributed by atoms with E-state index in [1.54, 1.807) is 12.1 Å². The molecular weight excluding hydrogens is 1310 g/mol. The molecule has 2 bridgehead atoms. The Morgan fingerprint density at radius 3 is 2.01 bits per heavy atom. The largest absolute Gasteiger partial charge is 0.422 e. The fourth-order valence-corrected chi connectivity index (χ4v) is 18.7. The summed E-state index contributed by atoms with van der Waals surface area (Å²) in [5.41, 5.74) is -1.62. The molecule has 1 spiro atoms. The molecule has 2 aromatic carbocycles. The van der Waals surface area contributed by atoms with Crippen LogP contribution < -0.4 is 10.6 Å². The Morgan fingerprint density at radius 1 is 0.627 bits per heavy atom. The summed E-state index contributed by atoms with van der Waals surface area (Å²) in [6.07, 6.45) is 16.2. The number of carbonyl (C=O) groups excluding carboxylic acids is 1. The topological polar surface area (TPSA) is 82.8 Å². The first kappa shape index (κ1) is 82.7. The van der Waals surface area contributed by atoms with Crippen molar-refractivity contribution >= 4 is 5.91 Å². The highest BCUT2D eigenvalue weighted by Crippen LogP contribution is 2.42. The number of nitrogens with one attached hydrogen (secondary N) is 2. The van der Waals surface area contributed by atoms with Crippen molar-refractivity contribution in [3.63, 3.8) is 0 Å². The monoisotopic (exact) mass is 1450 g/mol. The second kappa shape index (κ2) is 39.1. The highest BCUT2D eigenvalue weighted by Gasteiger charge is 2.47. The first-order chi connectivity index (χ1) is 48.8. The lowest BCUT2D eigenvalue weighted by molar-refractivity contribution is -0.142. The Hall–Kier alpha value is -3.39. The van der Waals surface area contributed by atoms with E-state index in [1.165, 1.54) is 37.8 Å². The molecule has 9 rings (SSSR count). The molecule has 2 aromatic rings. The third kappa shape index (κ3) is 23.1. The molecule has 6 fully saturated rings. The average molecular weight is 1450 g/mol. The number of hydrogen-bond acceptors (Lipinski definition) is 13. The molecule has 102 heavy (non-hydrogen) atoms. The van der Waals surface area contributed by atoms with Gasteiger partial charge in [0.25, 0.3) is 0 Å². The van der Waals surface area contributed by atoms with Gasteiger partial charge in [0.05, 0.1) is 17.7 Å². The van der Waals surface area contributed by atoms with Crippen LogP contribution in [0.3, 0.4) is 0 Å². The normalized spacial score (nSPS) is 31.2. The number of benzene rings is 2. The molecule has 2 N–H and O–H groups in total. The minimum absolute atomic E-state index is 0.0180. The highest BCUT2D eigenvalue weighted by atomic mass is 19.4. The highest BCUT2D eigenvalue weighted by molar-refractivity contribution is 5.82. The summed E-state index contributed by atoms with van der Waals surface area (Å²) in [5, 5.41) is 8.07. The van der Waals surface area contributed by atoms with Crippen molar-refractivity contribution in [1.82, 2.24) is 59.6 Å². The van der Waals surface area contributed by atoms with Gasteiger partial charge in [-0.2, -0.15) is 26.3 Å². The molecule has 5 heterocycles. The number of hydrogen-bond donors (Lipinski definition) is 2. The second-order valence-electron chi connectivity index (χ2n) is 32.7. The van der Waals surface area contributed by atoms with Gasteiger partial charge in [-0.1, -0.05) is 70.7 Å². The molecule has 14 nitrogen and oxygen atoms in total. The maximum absolute atomic E-state index is 15.3. The van der Waals surface area contributed by atoms with Gasteiger partial charge in [0.15, 0.2) is 0 Å². The number of nitrogens with zero attached hydrogens (tertiary/aromatic N) is 10. The van der Waals surface area contributed by atoms with E-state index in [0.29, 0.717) is 82.1 Å². The van der Waals surface area contributed by atoms with E-state index < -0.39 is 35.1 Å². The smallest absolute Gasteiger partial charge is 0.377 e. The quantitative estimate of drug-likeness (QED) is 0.148. The summed E-state index contributed by atoms with van der Waals surface area (Å²) in [6.45, 7) is 23.1. The van der Waals surface area contributed by atoms with Crippen LogP contribution in [0.25, 0.3) is 0 Å². The summed E-state index contributed by atoms with van der Waals surface area (Å²) in [4.78, 5) is 40.4. The summed E-state index contributed by atoms with van der Waals surface area (Å²) < 4.78 is 121. The van der Waals surface area contributed by atoms with Gasteiger partial charge in [0.2, 0.25) is 5.91 Å². The second-order valence-corrected chi connectivity index (χ2v) is 32.7. The maximum Gasteiger partial charge on any atom is 0.422 e. The van der Waals surface area contributed by atoms with Gasteiger partial charge in [-0.25, -0.2) is 8.78 Å². The lowest BCUT2D eigenvalue weighted by Gasteiger charge is -2.53. The number of alkyl halides is 6. The van der Waals surface area contributed by atoms with E-state index in [2.05, 4.69) is 135 Å². The number of piperidine rings is 1. The van der Waals surface area contributed by atoms with Crippen molar-refractivity contribution in [3.8, 4) is 0 Å². The Kier molecular flexibility index (Phi) is 31.7. The number of halogens is 8. The van der Waals surface area contributed by atoms with E-state index in [9.17, 15) is 26.3 Å². The summed E-state index contributed by atoms with van der Waals surface area (Å²) >= 11 is 0. The Balaban J connectivity index is 1.04. The molecule has 22 heteroatoms. The molecule has 1 amide bonds. The van der Waals surface area contributed by atoms with Gasteiger partial charge in [-0.05, 0) is 219 Å². The lowest BCUT2D eigenvalue weighted by Crippen LogP contribution is -2.63. The van der Waals surface area contributed by atoms with Crippen LogP contribution in [-0.2, 0) is 34.7 Å². The average Bonchev–Trinajstić information content (AvgIpc) is 1.07. The van der Waals surface area contributed by atoms with Crippen molar-refractivity contribution in [3.05, 3.63) is 82.4 Å². The SMILES string of the molecule is CCC[C@H]1CN[C@@H]([C@@H](C)CC)CN2CCC[C@H]2CN(C)[C@H]2C/C=C\CCN(C2)[C@@H](Cc2ccc(C(F)(F)F)cc2)CN(C)CCN[C@@H](CCc2cc(F)c(C(F)(F)F)c(F)c2)CN2C[C@H](OCC)C[C@H]2CN(C)C2(CCC2)CN(C)[C@@H](C2CCCC2)CN(C)[C@H](C(=O)N2CCCCC2)CCN1C. The van der Waals surface area contributed by atoms with Gasteiger partial charge in [0.1, 0.15) is 17.2 Å². The minimum atomic E-state index is -5.18. The molecular formula is C80H132F8N12O2. The van der Waals surface area contributed by atoms with E-state index in [-0.39, 0.29) is 65.8 Å². The number of rotatable bonds is 13. The number of aryl methyl sites for hydroxylation is 1. The fraction of sp³-hybridized carbons (Fsp3) is 0.812. The number of carbonyl (C=O) groups is 1. The fourth-order valence-electron chi connectivity index (χ4n) is 18.7. The minimum Gasteiger partial charge on any atom is -0.377 e. The summed E-state index contributed by atoms with van der Waals surface area (Å²) in [5.74, 6) is -1.96. The molecule has 5 aliphatic heterocycles. The molecule has 12 atom stereocenters. The summed E-state index contributed by atoms with van der Waals surface area (Å²) in [6, 6.07) is 8.37. The van der Waals surface area contributed by atoms with Crippen LogP contribution in [0.1, 0.15) is 178 Å². The molecule has 0 aromatic heterocycles. The first-order valence-electron chi connectivity index (χ1n) is 39.9. The van der Waals surface area contributed by atoms with Gasteiger partial charge >= 0.3 is 12.4 Å². The predicted octanol–water partition coefficient (Wildman–Crippen LogP) is 12.5. The zero-order valence-corrected chi connectivity index (χ0v) is 64.1. The Labute approximate surface area is 609 Å². The van der Waals surface area contributed by atoms with Gasteiger partial charge < -0.3 is 39.9 Å². The lowest BCUT2D eigenvalue weighted by atomic mass is 9.74. The first-order valence-corrected chi connectivity index (χ1v) is 39.9. The molecule has 2 saturated carbocycles. The van der Waals surface area contributed by atoms with Crippen LogP contribution in [-0.4, -0.2) is 281 Å². The van der Waals surface area contributed by atoms with Crippen LogP contribution in [0.2, 0.25) is 0 Å². The third-order valence-electron chi connectivity index (χ3n) is 25.4. The predicted molar refractivity (Wildman–Crippen MR) is 396 cm³/mol. The molecule has 4 saturated heterocycles. The Morgan fingerprint density at radius 2 is 1.35 bits per heavy atom. The van der Waals surface area contributed by atoms with E-state index in [0.717, 1.165) is 193 Å². The van der Waals surface area contributed by atoms with Crippen LogP contribution in [0, 0.1) is 23.5 Å². The van der Waals surface area contributed by atoms with Gasteiger partial charge in [0, 0.05) is 165 Å². The van der Waals surface area contributed by atoms with Crippen LogP contribution in [0.5, 0.6) is 0 Å². The summed E-state index contributed by atoms with van der Waals surface area (Å²) in [7, 11) is 13.6. The van der Waals surface area contributed by atoms with Crippen molar-refractivity contribution in [2.45, 2.75) is 247 Å². The number of ether oxygens (including phenoxy) is 1. The van der Waals surface area contributed by atoms with Crippen LogP contribution in [0.15, 0.2) is 48.6 Å². The van der Waals surface area contributed by atoms with Crippen molar-refractivity contribution in [1.29, 1.82) is 0 Å².